The Balaban J connectivity index is 2.18. The highest BCUT2D eigenvalue weighted by molar-refractivity contribution is 5.94. The van der Waals surface area contributed by atoms with Crippen molar-refractivity contribution in [3.05, 3.63) is 29.6 Å². The van der Waals surface area contributed by atoms with Gasteiger partial charge in [-0.3, -0.25) is 9.79 Å². The number of rotatable bonds is 2. The Morgan fingerprint density at radius 1 is 1.41 bits per heavy atom. The minimum atomic E-state index is -0.529. The Morgan fingerprint density at radius 2 is 2.12 bits per heavy atom. The summed E-state index contributed by atoms with van der Waals surface area (Å²) in [5.41, 5.74) is 0.486. The van der Waals surface area contributed by atoms with Crippen LogP contribution in [0.5, 0.6) is 0 Å². The number of hydrogen-bond acceptors (Lipinski definition) is 3. The molecule has 1 heterocycles. The van der Waals surface area contributed by atoms with Crippen LogP contribution in [-0.4, -0.2) is 43.8 Å². The summed E-state index contributed by atoms with van der Waals surface area (Å²) >= 11 is 0. The number of aliphatic imine (C=N–C) groups is 1. The molecule has 90 valence electrons. The van der Waals surface area contributed by atoms with Gasteiger partial charge in [-0.1, -0.05) is 0 Å². The summed E-state index contributed by atoms with van der Waals surface area (Å²) in [4.78, 5) is 17.2. The van der Waals surface area contributed by atoms with E-state index in [1.165, 1.54) is 12.1 Å². The minimum Gasteiger partial charge on any atom is -0.378 e. The highest BCUT2D eigenvalue weighted by atomic mass is 19.1. The predicted molar refractivity (Wildman–Crippen MR) is 62.3 cm³/mol. The second-order valence-corrected chi connectivity index (χ2v) is 3.73. The van der Waals surface area contributed by atoms with Gasteiger partial charge in [0.25, 0.3) is 5.91 Å². The van der Waals surface area contributed by atoms with Crippen molar-refractivity contribution in [1.82, 2.24) is 4.90 Å². The van der Waals surface area contributed by atoms with Gasteiger partial charge in [-0.25, -0.2) is 4.39 Å². The third kappa shape index (κ3) is 2.50. The number of benzene rings is 1. The molecule has 1 aliphatic rings. The first-order valence-corrected chi connectivity index (χ1v) is 5.35. The number of amides is 1. The maximum absolute atomic E-state index is 13.4. The third-order valence-corrected chi connectivity index (χ3v) is 2.66. The van der Waals surface area contributed by atoms with E-state index in [-0.39, 0.29) is 11.6 Å². The van der Waals surface area contributed by atoms with Gasteiger partial charge in [0.05, 0.1) is 18.9 Å². The molecule has 0 N–H and O–H groups in total. The van der Waals surface area contributed by atoms with Crippen LogP contribution in [0.25, 0.3) is 0 Å². The number of morpholine rings is 1. The highest BCUT2D eigenvalue weighted by Crippen LogP contribution is 2.19. The molecule has 1 fully saturated rings. The van der Waals surface area contributed by atoms with E-state index in [4.69, 9.17) is 4.74 Å². The quantitative estimate of drug-likeness (QED) is 0.732. The fourth-order valence-electron chi connectivity index (χ4n) is 1.72. The lowest BCUT2D eigenvalue weighted by Gasteiger charge is -2.26. The monoisotopic (exact) mass is 236 g/mol. The van der Waals surface area contributed by atoms with Crippen LogP contribution in [0.3, 0.4) is 0 Å². The van der Waals surface area contributed by atoms with E-state index in [2.05, 4.69) is 11.7 Å². The van der Waals surface area contributed by atoms with Gasteiger partial charge < -0.3 is 9.64 Å². The van der Waals surface area contributed by atoms with Crippen molar-refractivity contribution in [1.29, 1.82) is 0 Å². The van der Waals surface area contributed by atoms with Crippen LogP contribution >= 0.6 is 0 Å². The molecule has 0 spiro atoms. The van der Waals surface area contributed by atoms with Crippen molar-refractivity contribution in [2.75, 3.05) is 26.3 Å². The molecule has 0 saturated carbocycles. The summed E-state index contributed by atoms with van der Waals surface area (Å²) in [5.74, 6) is -0.707. The second kappa shape index (κ2) is 5.05. The number of hydrogen-bond donors (Lipinski definition) is 0. The molecule has 0 aromatic heterocycles. The fraction of sp³-hybridized carbons (Fsp3) is 0.333. The number of nitrogens with zero attached hydrogens (tertiary/aromatic N) is 2. The van der Waals surface area contributed by atoms with Gasteiger partial charge in [0.2, 0.25) is 0 Å². The van der Waals surface area contributed by atoms with Crippen molar-refractivity contribution in [2.45, 2.75) is 0 Å². The molecule has 0 atom stereocenters. The Kier molecular flexibility index (Phi) is 3.49. The molecule has 1 aliphatic heterocycles. The van der Waals surface area contributed by atoms with E-state index in [1.807, 2.05) is 0 Å². The fourth-order valence-corrected chi connectivity index (χ4v) is 1.72. The van der Waals surface area contributed by atoms with Crippen LogP contribution in [0.4, 0.5) is 10.1 Å². The molecule has 0 unspecified atom stereocenters. The summed E-state index contributed by atoms with van der Waals surface area (Å²) in [6.45, 7) is 5.40. The van der Waals surface area contributed by atoms with Crippen molar-refractivity contribution in [3.63, 3.8) is 0 Å². The maximum Gasteiger partial charge on any atom is 0.254 e. The van der Waals surface area contributed by atoms with Crippen LogP contribution in [0.15, 0.2) is 23.2 Å². The molecular weight excluding hydrogens is 223 g/mol. The van der Waals surface area contributed by atoms with Gasteiger partial charge in [-0.05, 0) is 24.9 Å². The van der Waals surface area contributed by atoms with Crippen LogP contribution < -0.4 is 0 Å². The van der Waals surface area contributed by atoms with Crippen molar-refractivity contribution in [3.8, 4) is 0 Å². The number of ether oxygens (including phenoxy) is 1. The number of carbonyl (C=O) groups is 1. The van der Waals surface area contributed by atoms with E-state index in [0.29, 0.717) is 31.9 Å². The first kappa shape index (κ1) is 11.7. The zero-order valence-corrected chi connectivity index (χ0v) is 9.36. The van der Waals surface area contributed by atoms with Gasteiger partial charge in [0.1, 0.15) is 5.82 Å². The van der Waals surface area contributed by atoms with Crippen molar-refractivity contribution in [2.24, 2.45) is 4.99 Å². The summed E-state index contributed by atoms with van der Waals surface area (Å²) in [7, 11) is 0. The SMILES string of the molecule is C=Nc1ccc(C(=O)N2CCOCC2)cc1F. The van der Waals surface area contributed by atoms with Crippen LogP contribution in [0.1, 0.15) is 10.4 Å². The predicted octanol–water partition coefficient (Wildman–Crippen LogP) is 1.63. The van der Waals surface area contributed by atoms with Gasteiger partial charge in [-0.2, -0.15) is 0 Å². The Labute approximate surface area is 98.7 Å². The van der Waals surface area contributed by atoms with Crippen LogP contribution in [-0.2, 0) is 4.74 Å². The molecule has 0 aliphatic carbocycles. The topological polar surface area (TPSA) is 41.9 Å². The molecule has 1 aromatic carbocycles. The lowest BCUT2D eigenvalue weighted by atomic mass is 10.1. The third-order valence-electron chi connectivity index (χ3n) is 2.66. The summed E-state index contributed by atoms with van der Waals surface area (Å²) in [6.07, 6.45) is 0. The number of carbonyl (C=O) groups excluding carboxylic acids is 1. The molecule has 4 nitrogen and oxygen atoms in total. The van der Waals surface area contributed by atoms with Crippen molar-refractivity contribution >= 4 is 18.3 Å². The first-order valence-electron chi connectivity index (χ1n) is 5.35. The average molecular weight is 236 g/mol. The summed E-state index contributed by atoms with van der Waals surface area (Å²) in [6, 6.07) is 4.21. The normalized spacial score (nSPS) is 15.7. The standard InChI is InChI=1S/C12H13FN2O2/c1-14-11-3-2-9(8-10(11)13)12(16)15-4-6-17-7-5-15/h2-3,8H,1,4-7H2. The molecule has 0 bridgehead atoms. The maximum atomic E-state index is 13.4. The zero-order valence-electron chi connectivity index (χ0n) is 9.36. The van der Waals surface area contributed by atoms with Crippen LogP contribution in [0.2, 0.25) is 0 Å². The Morgan fingerprint density at radius 3 is 2.71 bits per heavy atom. The first-order chi connectivity index (χ1) is 8.22. The largest absolute Gasteiger partial charge is 0.378 e. The van der Waals surface area contributed by atoms with Gasteiger partial charge in [0, 0.05) is 18.7 Å². The van der Waals surface area contributed by atoms with E-state index < -0.39 is 5.82 Å². The molecule has 1 aromatic rings. The summed E-state index contributed by atoms with van der Waals surface area (Å²) in [5, 5.41) is 0. The van der Waals surface area contributed by atoms with Gasteiger partial charge in [0.15, 0.2) is 0 Å². The molecule has 1 saturated heterocycles. The van der Waals surface area contributed by atoms with E-state index >= 15 is 0 Å². The summed E-state index contributed by atoms with van der Waals surface area (Å²) < 4.78 is 18.6. The zero-order chi connectivity index (χ0) is 12.3. The molecule has 1 amide bonds. The highest BCUT2D eigenvalue weighted by Gasteiger charge is 2.19. The molecule has 5 heteroatoms. The Bertz CT molecular complexity index is 442. The van der Waals surface area contributed by atoms with E-state index in [9.17, 15) is 9.18 Å². The Hall–Kier alpha value is -1.75. The van der Waals surface area contributed by atoms with E-state index in [0.717, 1.165) is 0 Å². The average Bonchev–Trinajstić information content (AvgIpc) is 2.39. The number of halogens is 1. The van der Waals surface area contributed by atoms with E-state index in [1.54, 1.807) is 11.0 Å². The molecular formula is C12H13FN2O2. The smallest absolute Gasteiger partial charge is 0.254 e. The minimum absolute atomic E-state index is 0.156. The molecule has 17 heavy (non-hydrogen) atoms. The lowest BCUT2D eigenvalue weighted by Crippen LogP contribution is -2.40. The van der Waals surface area contributed by atoms with Crippen molar-refractivity contribution < 1.29 is 13.9 Å². The van der Waals surface area contributed by atoms with Gasteiger partial charge >= 0.3 is 0 Å². The lowest BCUT2D eigenvalue weighted by molar-refractivity contribution is 0.0302. The second-order valence-electron chi connectivity index (χ2n) is 3.73. The molecule has 0 radical (unpaired) electrons. The van der Waals surface area contributed by atoms with Gasteiger partial charge in [-0.15, -0.1) is 0 Å². The molecule has 2 rings (SSSR count). The van der Waals surface area contributed by atoms with Crippen LogP contribution in [0, 0.1) is 5.82 Å².